The molecule has 0 saturated heterocycles. The van der Waals surface area contributed by atoms with E-state index in [-0.39, 0.29) is 5.11 Å². The van der Waals surface area contributed by atoms with Crippen molar-refractivity contribution in [1.29, 1.82) is 0 Å². The summed E-state index contributed by atoms with van der Waals surface area (Å²) in [6.07, 6.45) is 1.70. The molecule has 0 aromatic carbocycles. The first-order valence-electron chi connectivity index (χ1n) is 2.92. The maximum absolute atomic E-state index is 5.40. The second kappa shape index (κ2) is 3.49. The van der Waals surface area contributed by atoms with Crippen molar-refractivity contribution >= 4 is 33.8 Å². The van der Waals surface area contributed by atoms with E-state index in [0.29, 0.717) is 11.7 Å². The van der Waals surface area contributed by atoms with Crippen molar-refractivity contribution in [3.63, 3.8) is 0 Å². The van der Waals surface area contributed by atoms with E-state index in [1.807, 2.05) is 0 Å². The molecule has 0 aliphatic rings. The highest BCUT2D eigenvalue weighted by Crippen LogP contribution is 2.13. The number of thiocarbonyl (C=S) groups is 1. The summed E-state index contributed by atoms with van der Waals surface area (Å²) in [4.78, 5) is 4.89. The fourth-order valence-electron chi connectivity index (χ4n) is 0.579. The van der Waals surface area contributed by atoms with E-state index >= 15 is 0 Å². The Morgan fingerprint density at radius 1 is 1.82 bits per heavy atom. The smallest absolute Gasteiger partial charge is 0.180 e. The van der Waals surface area contributed by atoms with Gasteiger partial charge in [0, 0.05) is 11.1 Å². The average Bonchev–Trinajstić information content (AvgIpc) is 2.31. The zero-order valence-electron chi connectivity index (χ0n) is 5.70. The first kappa shape index (κ1) is 8.22. The van der Waals surface area contributed by atoms with Crippen LogP contribution in [0.15, 0.2) is 6.20 Å². The number of hydrogen-bond donors (Lipinski definition) is 3. The Kier molecular flexibility index (Phi) is 2.61. The SMILES string of the molecule is NC(=S)NCc1cnc(N)s1. The van der Waals surface area contributed by atoms with E-state index in [0.717, 1.165) is 4.88 Å². The highest BCUT2D eigenvalue weighted by atomic mass is 32.1. The molecule has 0 amide bonds. The second-order valence-corrected chi connectivity index (χ2v) is 3.47. The van der Waals surface area contributed by atoms with E-state index in [9.17, 15) is 0 Å². The van der Waals surface area contributed by atoms with Crippen molar-refractivity contribution in [2.75, 3.05) is 5.73 Å². The van der Waals surface area contributed by atoms with Crippen molar-refractivity contribution in [2.24, 2.45) is 5.73 Å². The van der Waals surface area contributed by atoms with Gasteiger partial charge in [-0.25, -0.2) is 4.98 Å². The molecule has 1 heterocycles. The number of nitrogens with two attached hydrogens (primary N) is 2. The number of thiazole rings is 1. The highest BCUT2D eigenvalue weighted by molar-refractivity contribution is 7.80. The van der Waals surface area contributed by atoms with Crippen LogP contribution in [0.25, 0.3) is 0 Å². The molecule has 1 rings (SSSR count). The number of nitrogen functional groups attached to an aromatic ring is 1. The molecule has 0 unspecified atom stereocenters. The van der Waals surface area contributed by atoms with Crippen LogP contribution in [0.4, 0.5) is 5.13 Å². The second-order valence-electron chi connectivity index (χ2n) is 1.88. The molecule has 1 aromatic rings. The van der Waals surface area contributed by atoms with E-state index < -0.39 is 0 Å². The van der Waals surface area contributed by atoms with Gasteiger partial charge in [-0.3, -0.25) is 0 Å². The Bertz CT molecular complexity index is 257. The highest BCUT2D eigenvalue weighted by Gasteiger charge is 1.97. The Labute approximate surface area is 73.6 Å². The first-order chi connectivity index (χ1) is 5.18. The van der Waals surface area contributed by atoms with Gasteiger partial charge < -0.3 is 16.8 Å². The summed E-state index contributed by atoms with van der Waals surface area (Å²) in [5.74, 6) is 0. The Hall–Kier alpha value is -0.880. The molecule has 1 aromatic heterocycles. The van der Waals surface area contributed by atoms with E-state index in [1.54, 1.807) is 6.20 Å². The summed E-state index contributed by atoms with van der Waals surface area (Å²) in [5.41, 5.74) is 10.6. The molecule has 0 atom stereocenters. The van der Waals surface area contributed by atoms with Crippen LogP contribution in [0, 0.1) is 0 Å². The molecule has 0 fully saturated rings. The molecule has 6 heteroatoms. The molecule has 0 aliphatic carbocycles. The molecule has 5 N–H and O–H groups in total. The van der Waals surface area contributed by atoms with Crippen molar-refractivity contribution in [2.45, 2.75) is 6.54 Å². The maximum Gasteiger partial charge on any atom is 0.180 e. The van der Waals surface area contributed by atoms with Crippen LogP contribution in [-0.2, 0) is 6.54 Å². The van der Waals surface area contributed by atoms with Crippen LogP contribution in [0.1, 0.15) is 4.88 Å². The van der Waals surface area contributed by atoms with Gasteiger partial charge in [-0.1, -0.05) is 0 Å². The molecule has 0 bridgehead atoms. The predicted molar refractivity (Wildman–Crippen MR) is 50.2 cm³/mol. The van der Waals surface area contributed by atoms with Gasteiger partial charge in [0.25, 0.3) is 0 Å². The van der Waals surface area contributed by atoms with Gasteiger partial charge in [-0.05, 0) is 12.2 Å². The van der Waals surface area contributed by atoms with Crippen LogP contribution >= 0.6 is 23.6 Å². The first-order valence-corrected chi connectivity index (χ1v) is 4.14. The molecule has 0 saturated carbocycles. The van der Waals surface area contributed by atoms with Crippen molar-refractivity contribution < 1.29 is 0 Å². The summed E-state index contributed by atoms with van der Waals surface area (Å²) < 4.78 is 0. The van der Waals surface area contributed by atoms with Crippen molar-refractivity contribution in [3.05, 3.63) is 11.1 Å². The van der Waals surface area contributed by atoms with Crippen LogP contribution in [0.5, 0.6) is 0 Å². The van der Waals surface area contributed by atoms with E-state index in [2.05, 4.69) is 22.5 Å². The lowest BCUT2D eigenvalue weighted by atomic mass is 10.5. The van der Waals surface area contributed by atoms with Crippen molar-refractivity contribution in [3.8, 4) is 0 Å². The lowest BCUT2D eigenvalue weighted by Crippen LogP contribution is -2.27. The number of nitrogens with zero attached hydrogens (tertiary/aromatic N) is 1. The quantitative estimate of drug-likeness (QED) is 0.572. The molecule has 11 heavy (non-hydrogen) atoms. The summed E-state index contributed by atoms with van der Waals surface area (Å²) in [7, 11) is 0. The van der Waals surface area contributed by atoms with Gasteiger partial charge >= 0.3 is 0 Å². The molecular weight excluding hydrogens is 180 g/mol. The number of hydrogen-bond acceptors (Lipinski definition) is 4. The molecule has 0 aliphatic heterocycles. The largest absolute Gasteiger partial charge is 0.376 e. The van der Waals surface area contributed by atoms with Crippen LogP contribution < -0.4 is 16.8 Å². The van der Waals surface area contributed by atoms with E-state index in [4.69, 9.17) is 11.5 Å². The van der Waals surface area contributed by atoms with Crippen molar-refractivity contribution in [1.82, 2.24) is 10.3 Å². The third-order valence-corrected chi connectivity index (χ3v) is 1.98. The van der Waals surface area contributed by atoms with Crippen LogP contribution in [0.3, 0.4) is 0 Å². The predicted octanol–water partition coefficient (Wildman–Crippen LogP) is 0.0585. The normalized spacial score (nSPS) is 9.45. The summed E-state index contributed by atoms with van der Waals surface area (Å²) in [6.45, 7) is 0.601. The monoisotopic (exact) mass is 188 g/mol. The molecular formula is C5H8N4S2. The van der Waals surface area contributed by atoms with Gasteiger partial charge in [0.2, 0.25) is 0 Å². The fourth-order valence-corrected chi connectivity index (χ4v) is 1.27. The minimum absolute atomic E-state index is 0.289. The number of rotatable bonds is 2. The standard InChI is InChI=1S/C5H8N4S2/c6-4(10)8-1-3-2-9-5(7)11-3/h2H,1H2,(H2,7,9)(H3,6,8,10). The minimum atomic E-state index is 0.289. The van der Waals surface area contributed by atoms with Gasteiger partial charge in [-0.15, -0.1) is 11.3 Å². The third-order valence-electron chi connectivity index (χ3n) is 1.01. The lowest BCUT2D eigenvalue weighted by Gasteiger charge is -1.98. The number of anilines is 1. The summed E-state index contributed by atoms with van der Waals surface area (Å²) in [5, 5.41) is 3.65. The lowest BCUT2D eigenvalue weighted by molar-refractivity contribution is 0.936. The average molecular weight is 188 g/mol. The summed E-state index contributed by atoms with van der Waals surface area (Å²) in [6, 6.07) is 0. The molecule has 60 valence electrons. The van der Waals surface area contributed by atoms with Crippen LogP contribution in [0.2, 0.25) is 0 Å². The number of aromatic nitrogens is 1. The zero-order chi connectivity index (χ0) is 8.27. The molecule has 0 spiro atoms. The van der Waals surface area contributed by atoms with Gasteiger partial charge in [0.15, 0.2) is 10.2 Å². The van der Waals surface area contributed by atoms with E-state index in [1.165, 1.54) is 11.3 Å². The topological polar surface area (TPSA) is 77.0 Å². The minimum Gasteiger partial charge on any atom is -0.376 e. The molecule has 4 nitrogen and oxygen atoms in total. The Morgan fingerprint density at radius 3 is 3.00 bits per heavy atom. The molecule has 0 radical (unpaired) electrons. The van der Waals surface area contributed by atoms with Gasteiger partial charge in [0.05, 0.1) is 6.54 Å². The number of nitrogens with one attached hydrogen (secondary N) is 1. The zero-order valence-corrected chi connectivity index (χ0v) is 7.34. The van der Waals surface area contributed by atoms with Crippen LogP contribution in [-0.4, -0.2) is 10.1 Å². The Balaban J connectivity index is 2.45. The fraction of sp³-hybridized carbons (Fsp3) is 0.200. The van der Waals surface area contributed by atoms with Gasteiger partial charge in [0.1, 0.15) is 0 Å². The van der Waals surface area contributed by atoms with Gasteiger partial charge in [-0.2, -0.15) is 0 Å². The Morgan fingerprint density at radius 2 is 2.55 bits per heavy atom. The summed E-state index contributed by atoms with van der Waals surface area (Å²) >= 11 is 6.04. The third kappa shape index (κ3) is 2.69. The maximum atomic E-state index is 5.40.